The SMILES string of the molecule is COCP(c1ccccc1)c1cccc2c1C(=O)C(C)C2. The molecule has 2 atom stereocenters. The van der Waals surface area contributed by atoms with Gasteiger partial charge in [-0.1, -0.05) is 55.5 Å². The van der Waals surface area contributed by atoms with Crippen molar-refractivity contribution in [2.75, 3.05) is 13.5 Å². The minimum absolute atomic E-state index is 0.108. The summed E-state index contributed by atoms with van der Waals surface area (Å²) in [4.78, 5) is 12.5. The second kappa shape index (κ2) is 6.09. The highest BCUT2D eigenvalue weighted by Gasteiger charge is 2.31. The standard InChI is InChI=1S/C18H19O2P/c1-13-11-14-7-6-10-16(17(14)18(13)19)21(12-20-2)15-8-4-3-5-9-15/h3-10,13H,11-12H2,1-2H3. The topological polar surface area (TPSA) is 26.3 Å². The van der Waals surface area contributed by atoms with E-state index < -0.39 is 7.92 Å². The van der Waals surface area contributed by atoms with Crippen molar-refractivity contribution in [1.82, 2.24) is 0 Å². The zero-order valence-corrected chi connectivity index (χ0v) is 13.3. The molecule has 2 aromatic rings. The van der Waals surface area contributed by atoms with Gasteiger partial charge in [-0.15, -0.1) is 0 Å². The molecule has 0 aliphatic heterocycles. The lowest BCUT2D eigenvalue weighted by molar-refractivity contribution is 0.0947. The summed E-state index contributed by atoms with van der Waals surface area (Å²) in [5.74, 6) is 0.399. The fourth-order valence-electron chi connectivity index (χ4n) is 2.96. The van der Waals surface area contributed by atoms with E-state index >= 15 is 0 Å². The van der Waals surface area contributed by atoms with E-state index in [9.17, 15) is 4.79 Å². The zero-order chi connectivity index (χ0) is 14.8. The van der Waals surface area contributed by atoms with Gasteiger partial charge in [0.15, 0.2) is 5.78 Å². The Balaban J connectivity index is 2.10. The molecule has 2 nitrogen and oxygen atoms in total. The molecule has 1 aliphatic rings. The number of hydrogen-bond donors (Lipinski definition) is 0. The van der Waals surface area contributed by atoms with E-state index in [1.54, 1.807) is 7.11 Å². The summed E-state index contributed by atoms with van der Waals surface area (Å²) in [7, 11) is 1.09. The van der Waals surface area contributed by atoms with Crippen LogP contribution >= 0.6 is 7.92 Å². The molecular formula is C18H19O2P. The van der Waals surface area contributed by atoms with Crippen molar-refractivity contribution in [1.29, 1.82) is 0 Å². The average molecular weight is 298 g/mol. The molecule has 0 fully saturated rings. The number of carbonyl (C=O) groups excluding carboxylic acids is 1. The summed E-state index contributed by atoms with van der Waals surface area (Å²) in [6, 6.07) is 16.7. The average Bonchev–Trinajstić information content (AvgIpc) is 2.81. The number of carbonyl (C=O) groups is 1. The Hall–Kier alpha value is -1.50. The Labute approximate surface area is 126 Å². The van der Waals surface area contributed by atoms with Crippen molar-refractivity contribution in [3.05, 3.63) is 59.7 Å². The summed E-state index contributed by atoms with van der Waals surface area (Å²) in [6.07, 6.45) is 1.52. The summed E-state index contributed by atoms with van der Waals surface area (Å²) >= 11 is 0. The molecule has 21 heavy (non-hydrogen) atoms. The fraction of sp³-hybridized carbons (Fsp3) is 0.278. The lowest BCUT2D eigenvalue weighted by Crippen LogP contribution is -2.21. The molecule has 0 spiro atoms. The summed E-state index contributed by atoms with van der Waals surface area (Å²) < 4.78 is 5.45. The van der Waals surface area contributed by atoms with Crippen LogP contribution in [0.4, 0.5) is 0 Å². The first kappa shape index (κ1) is 14.4. The number of hydrogen-bond acceptors (Lipinski definition) is 2. The predicted octanol–water partition coefficient (Wildman–Crippen LogP) is 3.10. The van der Waals surface area contributed by atoms with E-state index in [0.717, 1.165) is 12.0 Å². The van der Waals surface area contributed by atoms with Gasteiger partial charge in [0, 0.05) is 18.6 Å². The Kier molecular flexibility index (Phi) is 4.19. The van der Waals surface area contributed by atoms with Gasteiger partial charge in [-0.2, -0.15) is 0 Å². The molecule has 0 bridgehead atoms. The van der Waals surface area contributed by atoms with Crippen LogP contribution in [-0.2, 0) is 11.2 Å². The van der Waals surface area contributed by atoms with Crippen molar-refractivity contribution in [2.24, 2.45) is 5.92 Å². The minimum atomic E-state index is -0.643. The molecule has 3 rings (SSSR count). The van der Waals surface area contributed by atoms with Crippen molar-refractivity contribution in [3.63, 3.8) is 0 Å². The molecule has 3 heteroatoms. The van der Waals surface area contributed by atoms with Crippen LogP contribution in [0.3, 0.4) is 0 Å². The lowest BCUT2D eigenvalue weighted by Gasteiger charge is -2.20. The molecule has 0 saturated heterocycles. The number of benzene rings is 2. The maximum Gasteiger partial charge on any atom is 0.166 e. The lowest BCUT2D eigenvalue weighted by atomic mass is 10.1. The van der Waals surface area contributed by atoms with Crippen LogP contribution in [0.25, 0.3) is 0 Å². The zero-order valence-electron chi connectivity index (χ0n) is 12.4. The van der Waals surface area contributed by atoms with Crippen LogP contribution in [0.1, 0.15) is 22.8 Å². The van der Waals surface area contributed by atoms with Crippen molar-refractivity contribution < 1.29 is 9.53 Å². The molecule has 0 saturated carbocycles. The van der Waals surface area contributed by atoms with E-state index in [2.05, 4.69) is 30.3 Å². The monoisotopic (exact) mass is 298 g/mol. The largest absolute Gasteiger partial charge is 0.380 e. The second-order valence-corrected chi connectivity index (χ2v) is 7.57. The van der Waals surface area contributed by atoms with Gasteiger partial charge in [-0.05, 0) is 30.5 Å². The van der Waals surface area contributed by atoms with Crippen LogP contribution < -0.4 is 10.6 Å². The number of methoxy groups -OCH3 is 1. The van der Waals surface area contributed by atoms with E-state index in [1.807, 2.05) is 25.1 Å². The Morgan fingerprint density at radius 1 is 1.14 bits per heavy atom. The molecule has 0 heterocycles. The van der Waals surface area contributed by atoms with Gasteiger partial charge in [-0.3, -0.25) is 4.79 Å². The molecule has 0 radical (unpaired) electrons. The molecule has 1 aliphatic carbocycles. The Morgan fingerprint density at radius 2 is 1.90 bits per heavy atom. The highest BCUT2D eigenvalue weighted by atomic mass is 31.1. The van der Waals surface area contributed by atoms with E-state index in [0.29, 0.717) is 12.1 Å². The van der Waals surface area contributed by atoms with Gasteiger partial charge >= 0.3 is 0 Å². The molecule has 2 unspecified atom stereocenters. The molecule has 0 N–H and O–H groups in total. The normalized spacial score (nSPS) is 18.6. The van der Waals surface area contributed by atoms with Crippen LogP contribution in [-0.4, -0.2) is 19.2 Å². The number of fused-ring (bicyclic) bond motifs is 1. The first-order valence-electron chi connectivity index (χ1n) is 7.20. The molecule has 0 amide bonds. The highest BCUT2D eigenvalue weighted by molar-refractivity contribution is 7.73. The van der Waals surface area contributed by atoms with Crippen LogP contribution in [0, 0.1) is 5.92 Å². The fourth-order valence-corrected chi connectivity index (χ4v) is 5.10. The first-order valence-corrected chi connectivity index (χ1v) is 8.72. The van der Waals surface area contributed by atoms with Gasteiger partial charge in [0.05, 0.1) is 6.35 Å². The van der Waals surface area contributed by atoms with Crippen molar-refractivity contribution in [3.8, 4) is 0 Å². The predicted molar refractivity (Wildman–Crippen MR) is 88.1 cm³/mol. The van der Waals surface area contributed by atoms with Crippen LogP contribution in [0.5, 0.6) is 0 Å². The summed E-state index contributed by atoms with van der Waals surface area (Å²) in [5.41, 5.74) is 2.15. The van der Waals surface area contributed by atoms with Gasteiger partial charge in [0.25, 0.3) is 0 Å². The molecule has 2 aromatic carbocycles. The Morgan fingerprint density at radius 3 is 2.62 bits per heavy atom. The maximum atomic E-state index is 12.5. The maximum absolute atomic E-state index is 12.5. The number of Topliss-reactive ketones (excluding diaryl/α,β-unsaturated/α-hetero) is 1. The molecular weight excluding hydrogens is 279 g/mol. The quantitative estimate of drug-likeness (QED) is 0.811. The number of rotatable bonds is 4. The van der Waals surface area contributed by atoms with Gasteiger partial charge in [0.2, 0.25) is 0 Å². The van der Waals surface area contributed by atoms with Crippen molar-refractivity contribution in [2.45, 2.75) is 13.3 Å². The van der Waals surface area contributed by atoms with Crippen LogP contribution in [0.2, 0.25) is 0 Å². The van der Waals surface area contributed by atoms with E-state index in [1.165, 1.54) is 16.2 Å². The third-order valence-corrected chi connectivity index (χ3v) is 6.36. The minimum Gasteiger partial charge on any atom is -0.380 e. The second-order valence-electron chi connectivity index (χ2n) is 5.46. The first-order chi connectivity index (χ1) is 10.2. The van der Waals surface area contributed by atoms with E-state index in [4.69, 9.17) is 4.74 Å². The third kappa shape index (κ3) is 2.66. The Bertz CT molecular complexity index is 652. The summed E-state index contributed by atoms with van der Waals surface area (Å²) in [6.45, 7) is 2.02. The third-order valence-electron chi connectivity index (χ3n) is 3.97. The van der Waals surface area contributed by atoms with Gasteiger partial charge < -0.3 is 4.74 Å². The molecule has 108 valence electrons. The molecule has 0 aromatic heterocycles. The van der Waals surface area contributed by atoms with Gasteiger partial charge in [0.1, 0.15) is 0 Å². The smallest absolute Gasteiger partial charge is 0.166 e. The highest BCUT2D eigenvalue weighted by Crippen LogP contribution is 2.38. The number of ketones is 1. The van der Waals surface area contributed by atoms with Crippen LogP contribution in [0.15, 0.2) is 48.5 Å². The van der Waals surface area contributed by atoms with Gasteiger partial charge in [-0.25, -0.2) is 0 Å². The number of ether oxygens (including phenoxy) is 1. The van der Waals surface area contributed by atoms with Crippen molar-refractivity contribution >= 4 is 24.3 Å². The van der Waals surface area contributed by atoms with E-state index in [-0.39, 0.29) is 5.92 Å². The summed E-state index contributed by atoms with van der Waals surface area (Å²) in [5, 5.41) is 2.43.